The molecule has 0 spiro atoms. The first-order chi connectivity index (χ1) is 5.79. The largest absolute Gasteiger partial charge is 0.271 e. The third kappa shape index (κ3) is 4.69. The molecule has 0 fully saturated rings. The molecular weight excluding hydrogens is 228 g/mol. The van der Waals surface area contributed by atoms with Crippen molar-refractivity contribution in [2.75, 3.05) is 24.6 Å². The zero-order chi connectivity index (χ0) is 8.81. The number of thiol groups is 2. The molecule has 6 heteroatoms. The molecule has 2 heterocycles. The standard InChI is InChI=1S/2C3H5NS2/c2*5-3-4-1-2-6-3/h2*1-2H2,(H,4,5). The molecule has 0 aromatic rings. The Morgan fingerprint density at radius 2 is 1.33 bits per heavy atom. The van der Waals surface area contributed by atoms with E-state index in [1.165, 1.54) is 0 Å². The predicted molar refractivity (Wildman–Crippen MR) is 67.5 cm³/mol. The Labute approximate surface area is 91.9 Å². The average molecular weight is 238 g/mol. The lowest BCUT2D eigenvalue weighted by Crippen LogP contribution is -1.69. The summed E-state index contributed by atoms with van der Waals surface area (Å²) in [7, 11) is 0. The zero-order valence-electron chi connectivity index (χ0n) is 6.43. The quantitative estimate of drug-likeness (QED) is 0.631. The fourth-order valence-corrected chi connectivity index (χ4v) is 2.49. The highest BCUT2D eigenvalue weighted by molar-refractivity contribution is 8.33. The molecule has 0 N–H and O–H groups in total. The molecule has 0 aromatic heterocycles. The maximum absolute atomic E-state index is 4.01. The van der Waals surface area contributed by atoms with Gasteiger partial charge in [0.15, 0.2) is 0 Å². The van der Waals surface area contributed by atoms with Crippen molar-refractivity contribution in [2.45, 2.75) is 0 Å². The van der Waals surface area contributed by atoms with E-state index in [0.29, 0.717) is 0 Å². The van der Waals surface area contributed by atoms with Crippen molar-refractivity contribution in [2.24, 2.45) is 9.98 Å². The van der Waals surface area contributed by atoms with Crippen molar-refractivity contribution in [1.82, 2.24) is 0 Å². The van der Waals surface area contributed by atoms with Gasteiger partial charge in [-0.15, -0.1) is 25.3 Å². The molecule has 0 amide bonds. The van der Waals surface area contributed by atoms with Gasteiger partial charge in [0.25, 0.3) is 0 Å². The van der Waals surface area contributed by atoms with E-state index in [1.807, 2.05) is 0 Å². The second-order valence-corrected chi connectivity index (χ2v) is 5.65. The van der Waals surface area contributed by atoms with E-state index in [4.69, 9.17) is 0 Å². The minimum atomic E-state index is 0.940. The lowest BCUT2D eigenvalue weighted by molar-refractivity contribution is 1.18. The van der Waals surface area contributed by atoms with Crippen LogP contribution in [-0.4, -0.2) is 33.3 Å². The van der Waals surface area contributed by atoms with Gasteiger partial charge in [-0.2, -0.15) is 0 Å². The molecular formula is C6H10N2S4. The van der Waals surface area contributed by atoms with Gasteiger partial charge >= 0.3 is 0 Å². The minimum absolute atomic E-state index is 0.940. The number of rotatable bonds is 0. The number of nitrogens with zero attached hydrogens (tertiary/aromatic N) is 2. The minimum Gasteiger partial charge on any atom is -0.271 e. The van der Waals surface area contributed by atoms with Crippen LogP contribution in [0.4, 0.5) is 0 Å². The molecule has 12 heavy (non-hydrogen) atoms. The SMILES string of the molecule is SC1=NCCS1.SC1=NCCS1. The summed E-state index contributed by atoms with van der Waals surface area (Å²) in [6.07, 6.45) is 0. The molecule has 0 unspecified atom stereocenters. The van der Waals surface area contributed by atoms with Crippen LogP contribution in [0.15, 0.2) is 9.98 Å². The molecule has 0 saturated carbocycles. The maximum atomic E-state index is 4.01. The van der Waals surface area contributed by atoms with E-state index < -0.39 is 0 Å². The second-order valence-electron chi connectivity index (χ2n) is 2.03. The molecule has 0 bridgehead atoms. The average Bonchev–Trinajstić information content (AvgIpc) is 2.63. The Morgan fingerprint density at radius 3 is 1.42 bits per heavy atom. The van der Waals surface area contributed by atoms with E-state index in [9.17, 15) is 0 Å². The lowest BCUT2D eigenvalue weighted by Gasteiger charge is -1.75. The van der Waals surface area contributed by atoms with Gasteiger partial charge in [-0.25, -0.2) is 0 Å². The van der Waals surface area contributed by atoms with Crippen molar-refractivity contribution >= 4 is 57.5 Å². The molecule has 0 aliphatic carbocycles. The van der Waals surface area contributed by atoms with Gasteiger partial charge in [-0.3, -0.25) is 9.98 Å². The van der Waals surface area contributed by atoms with Crippen LogP contribution in [0.5, 0.6) is 0 Å². The summed E-state index contributed by atoms with van der Waals surface area (Å²) in [6, 6.07) is 0. The third-order valence-electron chi connectivity index (χ3n) is 1.14. The number of hydrogen-bond donors (Lipinski definition) is 2. The maximum Gasteiger partial charge on any atom is 0.121 e. The molecule has 2 aliphatic heterocycles. The highest BCUT2D eigenvalue weighted by Crippen LogP contribution is 2.13. The van der Waals surface area contributed by atoms with Gasteiger partial charge in [0.2, 0.25) is 0 Å². The summed E-state index contributed by atoms with van der Waals surface area (Å²) in [5, 5.41) is 0. The Morgan fingerprint density at radius 1 is 0.917 bits per heavy atom. The van der Waals surface area contributed by atoms with Gasteiger partial charge in [-0.05, 0) is 0 Å². The van der Waals surface area contributed by atoms with E-state index in [-0.39, 0.29) is 0 Å². The van der Waals surface area contributed by atoms with E-state index in [2.05, 4.69) is 35.2 Å². The van der Waals surface area contributed by atoms with Gasteiger partial charge in [0.1, 0.15) is 8.75 Å². The van der Waals surface area contributed by atoms with Crippen molar-refractivity contribution in [3.63, 3.8) is 0 Å². The Bertz CT molecular complexity index is 180. The Kier molecular flexibility index (Phi) is 5.62. The van der Waals surface area contributed by atoms with Crippen LogP contribution in [0, 0.1) is 0 Å². The normalized spacial score (nSPS) is 21.2. The van der Waals surface area contributed by atoms with Gasteiger partial charge in [0, 0.05) is 11.5 Å². The highest BCUT2D eigenvalue weighted by Gasteiger charge is 1.98. The summed E-state index contributed by atoms with van der Waals surface area (Å²) in [4.78, 5) is 7.96. The van der Waals surface area contributed by atoms with E-state index in [0.717, 1.165) is 33.3 Å². The monoisotopic (exact) mass is 238 g/mol. The van der Waals surface area contributed by atoms with Crippen molar-refractivity contribution in [3.8, 4) is 0 Å². The van der Waals surface area contributed by atoms with Crippen molar-refractivity contribution in [1.29, 1.82) is 0 Å². The van der Waals surface area contributed by atoms with Gasteiger partial charge in [-0.1, -0.05) is 23.5 Å². The first-order valence-corrected chi connectivity index (χ1v) is 6.38. The summed E-state index contributed by atoms with van der Waals surface area (Å²) in [5.41, 5.74) is 0. The molecule has 0 saturated heterocycles. The van der Waals surface area contributed by atoms with E-state index >= 15 is 0 Å². The van der Waals surface area contributed by atoms with Crippen LogP contribution in [0.1, 0.15) is 0 Å². The number of thioether (sulfide) groups is 2. The van der Waals surface area contributed by atoms with Crippen molar-refractivity contribution in [3.05, 3.63) is 0 Å². The van der Waals surface area contributed by atoms with Gasteiger partial charge < -0.3 is 0 Å². The smallest absolute Gasteiger partial charge is 0.121 e. The molecule has 0 aromatic carbocycles. The first-order valence-electron chi connectivity index (χ1n) is 3.51. The summed E-state index contributed by atoms with van der Waals surface area (Å²) >= 11 is 11.4. The van der Waals surface area contributed by atoms with Crippen LogP contribution in [0.25, 0.3) is 0 Å². The topological polar surface area (TPSA) is 24.7 Å². The summed E-state index contributed by atoms with van der Waals surface area (Å²) in [5.74, 6) is 2.25. The molecule has 0 radical (unpaired) electrons. The Balaban J connectivity index is 0.000000120. The van der Waals surface area contributed by atoms with Gasteiger partial charge in [0.05, 0.1) is 13.1 Å². The predicted octanol–water partition coefficient (Wildman–Crippen LogP) is 2.04. The molecule has 2 aliphatic rings. The molecule has 68 valence electrons. The fourth-order valence-electron chi connectivity index (χ4n) is 0.648. The van der Waals surface area contributed by atoms with Crippen LogP contribution in [0.3, 0.4) is 0 Å². The molecule has 2 rings (SSSR count). The first kappa shape index (κ1) is 10.8. The third-order valence-corrected chi connectivity index (χ3v) is 3.74. The highest BCUT2D eigenvalue weighted by atomic mass is 32.2. The van der Waals surface area contributed by atoms with E-state index in [1.54, 1.807) is 23.5 Å². The van der Waals surface area contributed by atoms with Crippen molar-refractivity contribution < 1.29 is 0 Å². The van der Waals surface area contributed by atoms with Crippen LogP contribution >= 0.6 is 48.8 Å². The lowest BCUT2D eigenvalue weighted by atomic mass is 10.8. The summed E-state index contributed by atoms with van der Waals surface area (Å²) in [6.45, 7) is 1.92. The second kappa shape index (κ2) is 6.23. The fraction of sp³-hybridized carbons (Fsp3) is 0.667. The zero-order valence-corrected chi connectivity index (χ0v) is 9.86. The summed E-state index contributed by atoms with van der Waals surface area (Å²) < 4.78 is 1.88. The molecule has 2 nitrogen and oxygen atoms in total. The van der Waals surface area contributed by atoms with Crippen LogP contribution in [0.2, 0.25) is 0 Å². The van der Waals surface area contributed by atoms with Crippen LogP contribution in [-0.2, 0) is 0 Å². The molecule has 0 atom stereocenters. The number of aliphatic imine (C=N–C) groups is 2. The Hall–Kier alpha value is 0.740. The van der Waals surface area contributed by atoms with Crippen LogP contribution < -0.4 is 0 Å². The number of hydrogen-bond acceptors (Lipinski definition) is 4.